The van der Waals surface area contributed by atoms with Crippen molar-refractivity contribution in [3.63, 3.8) is 0 Å². The number of benzene rings is 1. The summed E-state index contributed by atoms with van der Waals surface area (Å²) in [5.74, 6) is -1.69. The third kappa shape index (κ3) is 4.96. The quantitative estimate of drug-likeness (QED) is 0.830. The molecule has 2 amide bonds. The van der Waals surface area contributed by atoms with Crippen LogP contribution in [0.4, 0.5) is 4.39 Å². The number of carbonyl (C=O) groups is 2. The number of nitrogens with one attached hydrogen (secondary N) is 2. The fourth-order valence-corrected chi connectivity index (χ4v) is 2.77. The minimum absolute atomic E-state index is 0.122. The molecule has 0 radical (unpaired) electrons. The molecule has 2 aromatic rings. The summed E-state index contributed by atoms with van der Waals surface area (Å²) in [5.41, 5.74) is 0.731. The fraction of sp³-hybridized carbons (Fsp3) is 0.250. The molecule has 1 aromatic heterocycles. The second kappa shape index (κ2) is 7.70. The van der Waals surface area contributed by atoms with Gasteiger partial charge in [-0.25, -0.2) is 4.39 Å². The van der Waals surface area contributed by atoms with Crippen molar-refractivity contribution in [1.82, 2.24) is 10.6 Å². The summed E-state index contributed by atoms with van der Waals surface area (Å²) in [6.45, 7) is 2.04. The van der Waals surface area contributed by atoms with Crippen LogP contribution in [0.5, 0.6) is 0 Å². The summed E-state index contributed by atoms with van der Waals surface area (Å²) in [6.07, 6.45) is 0.689. The number of thiophene rings is 1. The van der Waals surface area contributed by atoms with Crippen LogP contribution in [-0.2, 0) is 22.6 Å². The molecular weight excluding hydrogens is 303 g/mol. The molecule has 4 nitrogen and oxygen atoms in total. The molecule has 0 aliphatic heterocycles. The van der Waals surface area contributed by atoms with Crippen LogP contribution >= 0.6 is 11.3 Å². The van der Waals surface area contributed by atoms with E-state index in [4.69, 9.17) is 0 Å². The lowest BCUT2D eigenvalue weighted by Gasteiger charge is -2.12. The highest BCUT2D eigenvalue weighted by Crippen LogP contribution is 2.10. The van der Waals surface area contributed by atoms with E-state index >= 15 is 0 Å². The Hall–Kier alpha value is -2.21. The van der Waals surface area contributed by atoms with Crippen molar-refractivity contribution >= 4 is 23.2 Å². The zero-order valence-corrected chi connectivity index (χ0v) is 13.0. The van der Waals surface area contributed by atoms with Gasteiger partial charge in [0.2, 0.25) is 0 Å². The summed E-state index contributed by atoms with van der Waals surface area (Å²) in [4.78, 5) is 24.7. The van der Waals surface area contributed by atoms with Crippen molar-refractivity contribution in [2.45, 2.75) is 25.9 Å². The van der Waals surface area contributed by atoms with Crippen LogP contribution in [0, 0.1) is 5.82 Å². The largest absolute Gasteiger partial charge is 0.345 e. The van der Waals surface area contributed by atoms with Crippen LogP contribution in [0.1, 0.15) is 17.4 Å². The third-order valence-electron chi connectivity index (χ3n) is 3.04. The van der Waals surface area contributed by atoms with Gasteiger partial charge in [0.25, 0.3) is 0 Å². The Morgan fingerprint density at radius 2 is 1.91 bits per heavy atom. The normalized spacial score (nSPS) is 11.7. The van der Waals surface area contributed by atoms with Crippen molar-refractivity contribution in [1.29, 1.82) is 0 Å². The SMILES string of the molecule is CC(Cc1cccs1)NC(=O)C(=O)NCc1ccc(F)cc1. The number of rotatable bonds is 5. The first kappa shape index (κ1) is 16.2. The van der Waals surface area contributed by atoms with Crippen LogP contribution in [0.25, 0.3) is 0 Å². The van der Waals surface area contributed by atoms with E-state index in [2.05, 4.69) is 10.6 Å². The van der Waals surface area contributed by atoms with Gasteiger partial charge in [-0.3, -0.25) is 9.59 Å². The first-order valence-electron chi connectivity index (χ1n) is 6.90. The van der Waals surface area contributed by atoms with Crippen molar-refractivity contribution in [2.24, 2.45) is 0 Å². The minimum atomic E-state index is -0.692. The lowest BCUT2D eigenvalue weighted by molar-refractivity contribution is -0.139. The van der Waals surface area contributed by atoms with Crippen LogP contribution in [0.3, 0.4) is 0 Å². The maximum Gasteiger partial charge on any atom is 0.309 e. The monoisotopic (exact) mass is 320 g/mol. The molecule has 116 valence electrons. The molecule has 0 saturated heterocycles. The number of hydrogen-bond acceptors (Lipinski definition) is 3. The minimum Gasteiger partial charge on any atom is -0.345 e. The summed E-state index contributed by atoms with van der Waals surface area (Å²) >= 11 is 1.61. The molecular formula is C16H17FN2O2S. The zero-order chi connectivity index (χ0) is 15.9. The molecule has 0 aliphatic carbocycles. The Morgan fingerprint density at radius 1 is 1.18 bits per heavy atom. The third-order valence-corrected chi connectivity index (χ3v) is 3.94. The lowest BCUT2D eigenvalue weighted by atomic mass is 10.2. The van der Waals surface area contributed by atoms with Gasteiger partial charge in [-0.15, -0.1) is 11.3 Å². The molecule has 1 aromatic carbocycles. The first-order chi connectivity index (χ1) is 10.5. The zero-order valence-electron chi connectivity index (χ0n) is 12.1. The van der Waals surface area contributed by atoms with Crippen molar-refractivity contribution < 1.29 is 14.0 Å². The Balaban J connectivity index is 1.76. The van der Waals surface area contributed by atoms with E-state index in [9.17, 15) is 14.0 Å². The number of amides is 2. The van der Waals surface area contributed by atoms with Gasteiger partial charge in [0.05, 0.1) is 0 Å². The molecule has 0 aliphatic rings. The van der Waals surface area contributed by atoms with Crippen LogP contribution in [-0.4, -0.2) is 17.9 Å². The molecule has 2 rings (SSSR count). The van der Waals surface area contributed by atoms with E-state index < -0.39 is 11.8 Å². The van der Waals surface area contributed by atoms with Gasteiger partial charge in [-0.1, -0.05) is 18.2 Å². The average molecular weight is 320 g/mol. The average Bonchev–Trinajstić information content (AvgIpc) is 2.99. The topological polar surface area (TPSA) is 58.2 Å². The van der Waals surface area contributed by atoms with Crippen molar-refractivity contribution in [3.05, 3.63) is 58.0 Å². The Labute approximate surface area is 132 Å². The van der Waals surface area contributed by atoms with Gasteiger partial charge < -0.3 is 10.6 Å². The molecule has 6 heteroatoms. The first-order valence-corrected chi connectivity index (χ1v) is 7.78. The highest BCUT2D eigenvalue weighted by atomic mass is 32.1. The van der Waals surface area contributed by atoms with Gasteiger partial charge in [0.1, 0.15) is 5.82 Å². The highest BCUT2D eigenvalue weighted by molar-refractivity contribution is 7.09. The standard InChI is InChI=1S/C16H17FN2O2S/c1-11(9-14-3-2-8-22-14)19-16(21)15(20)18-10-12-4-6-13(17)7-5-12/h2-8,11H,9-10H2,1H3,(H,18,20)(H,19,21). The Kier molecular flexibility index (Phi) is 5.66. The molecule has 1 unspecified atom stereocenters. The second-order valence-electron chi connectivity index (χ2n) is 4.97. The van der Waals surface area contributed by atoms with E-state index in [-0.39, 0.29) is 18.4 Å². The smallest absolute Gasteiger partial charge is 0.309 e. The van der Waals surface area contributed by atoms with E-state index in [0.29, 0.717) is 6.42 Å². The van der Waals surface area contributed by atoms with E-state index in [0.717, 1.165) is 10.4 Å². The molecule has 0 saturated carbocycles. The van der Waals surface area contributed by atoms with Crippen molar-refractivity contribution in [3.8, 4) is 0 Å². The Bertz CT molecular complexity index is 626. The van der Waals surface area contributed by atoms with Gasteiger partial charge in [0.15, 0.2) is 0 Å². The summed E-state index contributed by atoms with van der Waals surface area (Å²) in [5, 5.41) is 7.14. The van der Waals surface area contributed by atoms with E-state index in [1.54, 1.807) is 23.5 Å². The van der Waals surface area contributed by atoms with Crippen LogP contribution in [0.15, 0.2) is 41.8 Å². The van der Waals surface area contributed by atoms with Gasteiger partial charge in [-0.2, -0.15) is 0 Å². The van der Waals surface area contributed by atoms with E-state index in [1.807, 2.05) is 24.4 Å². The Morgan fingerprint density at radius 3 is 2.55 bits per heavy atom. The predicted octanol–water partition coefficient (Wildman–Crippen LogP) is 2.25. The van der Waals surface area contributed by atoms with Gasteiger partial charge in [0, 0.05) is 23.9 Å². The maximum absolute atomic E-state index is 12.8. The molecule has 0 spiro atoms. The van der Waals surface area contributed by atoms with Gasteiger partial charge in [-0.05, 0) is 36.1 Å². The molecule has 0 fully saturated rings. The van der Waals surface area contributed by atoms with Crippen molar-refractivity contribution in [2.75, 3.05) is 0 Å². The molecule has 2 N–H and O–H groups in total. The van der Waals surface area contributed by atoms with Crippen LogP contribution < -0.4 is 10.6 Å². The lowest BCUT2D eigenvalue weighted by Crippen LogP contribution is -2.44. The second-order valence-corrected chi connectivity index (χ2v) is 6.00. The molecule has 1 atom stereocenters. The van der Waals surface area contributed by atoms with Crippen LogP contribution in [0.2, 0.25) is 0 Å². The maximum atomic E-state index is 12.8. The highest BCUT2D eigenvalue weighted by Gasteiger charge is 2.16. The number of hydrogen-bond donors (Lipinski definition) is 2. The summed E-state index contributed by atoms with van der Waals surface area (Å²) < 4.78 is 12.8. The molecule has 1 heterocycles. The predicted molar refractivity (Wildman–Crippen MR) is 83.9 cm³/mol. The summed E-state index contributed by atoms with van der Waals surface area (Å²) in [6, 6.07) is 9.56. The number of carbonyl (C=O) groups excluding carboxylic acids is 2. The molecule has 0 bridgehead atoms. The van der Waals surface area contributed by atoms with E-state index in [1.165, 1.54) is 12.1 Å². The summed E-state index contributed by atoms with van der Waals surface area (Å²) in [7, 11) is 0. The molecule has 22 heavy (non-hydrogen) atoms. The van der Waals surface area contributed by atoms with Gasteiger partial charge >= 0.3 is 11.8 Å². The fourth-order valence-electron chi connectivity index (χ4n) is 1.94. The number of halogens is 1.